The Morgan fingerprint density at radius 1 is 1.14 bits per heavy atom. The van der Waals surface area contributed by atoms with Gasteiger partial charge in [0, 0.05) is 12.6 Å². The number of unbranched alkanes of at least 4 members (excludes halogenated alkanes) is 3. The summed E-state index contributed by atoms with van der Waals surface area (Å²) in [7, 11) is 1.67. The van der Waals surface area contributed by atoms with Crippen molar-refractivity contribution in [3.8, 4) is 0 Å². The zero-order chi connectivity index (χ0) is 15.5. The molecule has 0 radical (unpaired) electrons. The summed E-state index contributed by atoms with van der Waals surface area (Å²) in [5.41, 5.74) is 3.16. The smallest absolute Gasteiger partial charge is 0.246 e. The number of amides is 1. The molecule has 0 saturated carbocycles. The van der Waals surface area contributed by atoms with Gasteiger partial charge in [-0.25, -0.2) is 0 Å². The van der Waals surface area contributed by atoms with Crippen molar-refractivity contribution in [2.75, 3.05) is 7.05 Å². The Morgan fingerprint density at radius 2 is 1.86 bits per heavy atom. The summed E-state index contributed by atoms with van der Waals surface area (Å²) in [4.78, 5) is 11.7. The number of carbonyl (C=O) groups is 1. The number of hydrogen-bond acceptors (Lipinski definition) is 1. The Labute approximate surface area is 129 Å². The van der Waals surface area contributed by atoms with Gasteiger partial charge in [0.05, 0.1) is 0 Å². The minimum absolute atomic E-state index is 0.0116. The van der Waals surface area contributed by atoms with Crippen LogP contribution in [0.25, 0.3) is 6.08 Å². The number of rotatable bonds is 8. The van der Waals surface area contributed by atoms with Gasteiger partial charge in [-0.2, -0.15) is 0 Å². The molecule has 0 fully saturated rings. The van der Waals surface area contributed by atoms with Crippen molar-refractivity contribution in [1.29, 1.82) is 0 Å². The van der Waals surface area contributed by atoms with Crippen molar-refractivity contribution in [1.82, 2.24) is 5.32 Å². The van der Waals surface area contributed by atoms with Crippen LogP contribution in [0, 0.1) is 0 Å². The predicted octanol–water partition coefficient (Wildman–Crippen LogP) is 4.73. The Balaban J connectivity index is 2.84. The molecule has 1 aromatic carbocycles. The van der Waals surface area contributed by atoms with Crippen LogP contribution in [0.3, 0.4) is 0 Å². The molecule has 2 nitrogen and oxygen atoms in total. The standard InChI is InChI=1S/C19H27NO/c1-4-5-6-8-13-18(14-16(2)19(21)20-3)15-17-11-9-7-10-12-17/h7,9-12,14-15H,4-6,8,13H2,1-3H3,(H,20,21)/b16-14+,18-15+. The molecule has 2 heteroatoms. The fourth-order valence-electron chi connectivity index (χ4n) is 2.25. The maximum atomic E-state index is 11.7. The van der Waals surface area contributed by atoms with E-state index < -0.39 is 0 Å². The van der Waals surface area contributed by atoms with Gasteiger partial charge in [0.2, 0.25) is 5.91 Å². The van der Waals surface area contributed by atoms with Crippen LogP contribution in [-0.4, -0.2) is 13.0 Å². The fourth-order valence-corrected chi connectivity index (χ4v) is 2.25. The van der Waals surface area contributed by atoms with E-state index in [0.717, 1.165) is 12.0 Å². The Kier molecular flexibility index (Phi) is 8.18. The van der Waals surface area contributed by atoms with Crippen LogP contribution in [0.1, 0.15) is 51.5 Å². The second-order valence-corrected chi connectivity index (χ2v) is 5.35. The van der Waals surface area contributed by atoms with Gasteiger partial charge in [0.15, 0.2) is 0 Å². The molecule has 114 valence electrons. The number of benzene rings is 1. The molecule has 0 aliphatic heterocycles. The number of carbonyl (C=O) groups excluding carboxylic acids is 1. The van der Waals surface area contributed by atoms with Gasteiger partial charge in [0.25, 0.3) is 0 Å². The van der Waals surface area contributed by atoms with Crippen LogP contribution in [-0.2, 0) is 4.79 Å². The van der Waals surface area contributed by atoms with E-state index in [4.69, 9.17) is 0 Å². The first-order chi connectivity index (χ1) is 10.2. The van der Waals surface area contributed by atoms with Crippen molar-refractivity contribution < 1.29 is 4.79 Å². The van der Waals surface area contributed by atoms with E-state index in [1.807, 2.05) is 31.2 Å². The van der Waals surface area contributed by atoms with Gasteiger partial charge in [-0.15, -0.1) is 0 Å². The number of nitrogens with one attached hydrogen (secondary N) is 1. The molecular weight excluding hydrogens is 258 g/mol. The van der Waals surface area contributed by atoms with Crippen LogP contribution in [0.15, 0.2) is 47.6 Å². The van der Waals surface area contributed by atoms with E-state index in [0.29, 0.717) is 0 Å². The Morgan fingerprint density at radius 3 is 2.48 bits per heavy atom. The first kappa shape index (κ1) is 17.2. The third kappa shape index (κ3) is 6.94. The van der Waals surface area contributed by atoms with Crippen molar-refractivity contribution >= 4 is 12.0 Å². The van der Waals surface area contributed by atoms with E-state index in [1.54, 1.807) is 7.05 Å². The lowest BCUT2D eigenvalue weighted by molar-refractivity contribution is -0.116. The third-order valence-corrected chi connectivity index (χ3v) is 3.46. The summed E-state index contributed by atoms with van der Waals surface area (Å²) in [6.45, 7) is 4.08. The molecule has 1 amide bonds. The molecule has 0 saturated heterocycles. The van der Waals surface area contributed by atoms with Gasteiger partial charge < -0.3 is 5.32 Å². The normalized spacial score (nSPS) is 12.3. The molecule has 1 N–H and O–H groups in total. The van der Waals surface area contributed by atoms with E-state index in [1.165, 1.54) is 36.8 Å². The molecule has 0 spiro atoms. The zero-order valence-corrected chi connectivity index (χ0v) is 13.5. The molecular formula is C19H27NO. The van der Waals surface area contributed by atoms with Crippen LogP contribution in [0.4, 0.5) is 0 Å². The highest BCUT2D eigenvalue weighted by Gasteiger charge is 2.03. The molecule has 0 aromatic heterocycles. The molecule has 1 rings (SSSR count). The van der Waals surface area contributed by atoms with Crippen LogP contribution >= 0.6 is 0 Å². The summed E-state index contributed by atoms with van der Waals surface area (Å²) in [6, 6.07) is 10.3. The average molecular weight is 285 g/mol. The highest BCUT2D eigenvalue weighted by molar-refractivity contribution is 5.93. The van der Waals surface area contributed by atoms with Crippen LogP contribution in [0.2, 0.25) is 0 Å². The van der Waals surface area contributed by atoms with Crippen molar-refractivity contribution in [2.45, 2.75) is 46.0 Å². The van der Waals surface area contributed by atoms with Gasteiger partial charge in [-0.05, 0) is 30.9 Å². The summed E-state index contributed by atoms with van der Waals surface area (Å²) in [5, 5.41) is 2.68. The van der Waals surface area contributed by atoms with E-state index in [9.17, 15) is 4.79 Å². The van der Waals surface area contributed by atoms with Crippen LogP contribution in [0.5, 0.6) is 0 Å². The monoisotopic (exact) mass is 285 g/mol. The summed E-state index contributed by atoms with van der Waals surface area (Å²) >= 11 is 0. The lowest BCUT2D eigenvalue weighted by Gasteiger charge is -2.06. The maximum Gasteiger partial charge on any atom is 0.246 e. The molecule has 0 aliphatic carbocycles. The zero-order valence-electron chi connectivity index (χ0n) is 13.5. The Bertz CT molecular complexity index is 486. The van der Waals surface area contributed by atoms with Crippen molar-refractivity contribution in [3.05, 3.63) is 53.1 Å². The van der Waals surface area contributed by atoms with Gasteiger partial charge in [-0.1, -0.05) is 68.7 Å². The molecule has 21 heavy (non-hydrogen) atoms. The lowest BCUT2D eigenvalue weighted by Crippen LogP contribution is -2.18. The summed E-state index contributed by atoms with van der Waals surface area (Å²) < 4.78 is 0. The summed E-state index contributed by atoms with van der Waals surface area (Å²) in [5.74, 6) is -0.0116. The van der Waals surface area contributed by atoms with E-state index in [-0.39, 0.29) is 5.91 Å². The molecule has 0 heterocycles. The SMILES string of the molecule is CCCCCCC(=C\c1ccccc1)/C=C(\C)C(=O)NC. The first-order valence-corrected chi connectivity index (χ1v) is 7.83. The van der Waals surface area contributed by atoms with Crippen molar-refractivity contribution in [3.63, 3.8) is 0 Å². The van der Waals surface area contributed by atoms with Crippen LogP contribution < -0.4 is 5.32 Å². The third-order valence-electron chi connectivity index (χ3n) is 3.46. The number of allylic oxidation sites excluding steroid dienone is 2. The molecule has 0 bridgehead atoms. The largest absolute Gasteiger partial charge is 0.355 e. The predicted molar refractivity (Wildman–Crippen MR) is 91.0 cm³/mol. The molecule has 0 aliphatic rings. The highest BCUT2D eigenvalue weighted by Crippen LogP contribution is 2.17. The second kappa shape index (κ2) is 9.98. The minimum Gasteiger partial charge on any atom is -0.355 e. The number of likely N-dealkylation sites (N-methyl/N-ethyl adjacent to an activating group) is 1. The number of hydrogen-bond donors (Lipinski definition) is 1. The molecule has 0 unspecified atom stereocenters. The first-order valence-electron chi connectivity index (χ1n) is 7.83. The average Bonchev–Trinajstić information content (AvgIpc) is 2.51. The quantitative estimate of drug-likeness (QED) is 0.417. The van der Waals surface area contributed by atoms with Gasteiger partial charge in [0.1, 0.15) is 0 Å². The minimum atomic E-state index is -0.0116. The van der Waals surface area contributed by atoms with E-state index in [2.05, 4.69) is 30.4 Å². The lowest BCUT2D eigenvalue weighted by atomic mass is 10.0. The van der Waals surface area contributed by atoms with E-state index >= 15 is 0 Å². The summed E-state index contributed by atoms with van der Waals surface area (Å²) in [6.07, 6.45) is 10.1. The van der Waals surface area contributed by atoms with Crippen molar-refractivity contribution in [2.24, 2.45) is 0 Å². The fraction of sp³-hybridized carbons (Fsp3) is 0.421. The maximum absolute atomic E-state index is 11.7. The Hall–Kier alpha value is -1.83. The highest BCUT2D eigenvalue weighted by atomic mass is 16.1. The second-order valence-electron chi connectivity index (χ2n) is 5.35. The molecule has 1 aromatic rings. The van der Waals surface area contributed by atoms with Gasteiger partial charge >= 0.3 is 0 Å². The molecule has 0 atom stereocenters. The van der Waals surface area contributed by atoms with Gasteiger partial charge in [-0.3, -0.25) is 4.79 Å². The topological polar surface area (TPSA) is 29.1 Å².